The molecule has 1 amide bonds. The van der Waals surface area contributed by atoms with E-state index < -0.39 is 16.8 Å². The lowest BCUT2D eigenvalue weighted by atomic mass is 9.93. The maximum absolute atomic E-state index is 13.1. The van der Waals surface area contributed by atoms with Gasteiger partial charge in [-0.15, -0.1) is 0 Å². The predicted octanol–water partition coefficient (Wildman–Crippen LogP) is 5.04. The fourth-order valence-electron chi connectivity index (χ4n) is 4.34. The second-order valence-electron chi connectivity index (χ2n) is 8.68. The van der Waals surface area contributed by atoms with Gasteiger partial charge in [0.15, 0.2) is 5.75 Å². The standard InChI is InChI=1S/C27H22N4O6/c1-15-9-10-17-5-3-8-22(24(17)28-15)37-27(33)25-16(2)23-20(6-4-7-21(23)36-25)29-30-26(32)18-11-13-19(14-12-18)31(34)35/h3,5,8-14H,4,6-7H2,1-2H3,(H,30,32)/b29-20+. The molecule has 2 aromatic heterocycles. The molecule has 10 heteroatoms. The summed E-state index contributed by atoms with van der Waals surface area (Å²) in [5.41, 5.74) is 5.85. The minimum atomic E-state index is -0.642. The molecule has 0 atom stereocenters. The number of esters is 1. The first-order chi connectivity index (χ1) is 17.8. The minimum absolute atomic E-state index is 0.0750. The average Bonchev–Trinajstić information content (AvgIpc) is 3.24. The summed E-state index contributed by atoms with van der Waals surface area (Å²) in [5, 5.41) is 16.0. The molecule has 1 aliphatic rings. The van der Waals surface area contributed by atoms with Crippen LogP contribution in [0.4, 0.5) is 5.69 Å². The van der Waals surface area contributed by atoms with Gasteiger partial charge in [0, 0.05) is 46.3 Å². The summed E-state index contributed by atoms with van der Waals surface area (Å²) in [6, 6.07) is 14.4. The van der Waals surface area contributed by atoms with Crippen LogP contribution in [0.15, 0.2) is 64.1 Å². The average molecular weight is 498 g/mol. The van der Waals surface area contributed by atoms with Crippen LogP contribution in [0.1, 0.15) is 56.3 Å². The number of non-ortho nitro benzene ring substituents is 1. The van der Waals surface area contributed by atoms with Gasteiger partial charge in [0.2, 0.25) is 5.76 Å². The number of nitro benzene ring substituents is 1. The lowest BCUT2D eigenvalue weighted by molar-refractivity contribution is -0.384. The zero-order chi connectivity index (χ0) is 26.1. The number of hydrogen-bond acceptors (Lipinski definition) is 8. The van der Waals surface area contributed by atoms with Crippen molar-refractivity contribution in [1.29, 1.82) is 0 Å². The number of pyridine rings is 1. The second-order valence-corrected chi connectivity index (χ2v) is 8.68. The molecule has 0 bridgehead atoms. The maximum atomic E-state index is 13.1. The van der Waals surface area contributed by atoms with Crippen LogP contribution in [0.25, 0.3) is 10.9 Å². The zero-order valence-corrected chi connectivity index (χ0v) is 20.1. The molecule has 1 N–H and O–H groups in total. The Morgan fingerprint density at radius 2 is 1.86 bits per heavy atom. The minimum Gasteiger partial charge on any atom is -0.453 e. The third-order valence-corrected chi connectivity index (χ3v) is 6.17. The lowest BCUT2D eigenvalue weighted by Crippen LogP contribution is -2.22. The highest BCUT2D eigenvalue weighted by atomic mass is 16.6. The van der Waals surface area contributed by atoms with Gasteiger partial charge in [-0.1, -0.05) is 18.2 Å². The van der Waals surface area contributed by atoms with Crippen molar-refractivity contribution in [3.63, 3.8) is 0 Å². The number of nitrogens with one attached hydrogen (secondary N) is 1. The molecule has 0 saturated heterocycles. The molecule has 1 aliphatic carbocycles. The number of hydrazone groups is 1. The van der Waals surface area contributed by atoms with Crippen LogP contribution in [0.3, 0.4) is 0 Å². The molecule has 5 rings (SSSR count). The van der Waals surface area contributed by atoms with Crippen molar-refractivity contribution in [3.8, 4) is 5.75 Å². The molecule has 0 spiro atoms. The van der Waals surface area contributed by atoms with E-state index in [2.05, 4.69) is 15.5 Å². The summed E-state index contributed by atoms with van der Waals surface area (Å²) in [6.45, 7) is 3.62. The van der Waals surface area contributed by atoms with E-state index in [1.807, 2.05) is 25.1 Å². The summed E-state index contributed by atoms with van der Waals surface area (Å²) in [6.07, 6.45) is 1.93. The van der Waals surface area contributed by atoms with Gasteiger partial charge < -0.3 is 9.15 Å². The van der Waals surface area contributed by atoms with Crippen LogP contribution in [0.2, 0.25) is 0 Å². The highest BCUT2D eigenvalue weighted by molar-refractivity contribution is 6.07. The number of hydrogen-bond donors (Lipinski definition) is 1. The Hall–Kier alpha value is -4.86. The number of fused-ring (bicyclic) bond motifs is 2. The molecule has 10 nitrogen and oxygen atoms in total. The van der Waals surface area contributed by atoms with Gasteiger partial charge in [-0.3, -0.25) is 14.9 Å². The van der Waals surface area contributed by atoms with Gasteiger partial charge in [0.05, 0.1) is 10.6 Å². The number of benzene rings is 2. The molecule has 0 aliphatic heterocycles. The van der Waals surface area contributed by atoms with Crippen molar-refractivity contribution < 1.29 is 23.7 Å². The second kappa shape index (κ2) is 9.65. The molecule has 37 heavy (non-hydrogen) atoms. The van der Waals surface area contributed by atoms with Crippen molar-refractivity contribution in [3.05, 3.63) is 98.6 Å². The number of carbonyl (C=O) groups excluding carboxylic acids is 2. The highest BCUT2D eigenvalue weighted by Gasteiger charge is 2.29. The number of furan rings is 1. The van der Waals surface area contributed by atoms with Gasteiger partial charge in [-0.05, 0) is 51.0 Å². The Morgan fingerprint density at radius 1 is 1.08 bits per heavy atom. The van der Waals surface area contributed by atoms with Crippen LogP contribution >= 0.6 is 0 Å². The first-order valence-corrected chi connectivity index (χ1v) is 11.6. The van der Waals surface area contributed by atoms with Crippen molar-refractivity contribution in [2.75, 3.05) is 0 Å². The Bertz CT molecular complexity index is 1590. The number of para-hydroxylation sites is 1. The predicted molar refractivity (Wildman–Crippen MR) is 135 cm³/mol. The van der Waals surface area contributed by atoms with Crippen LogP contribution in [-0.2, 0) is 6.42 Å². The molecule has 4 aromatic rings. The Balaban J connectivity index is 1.38. The zero-order valence-electron chi connectivity index (χ0n) is 20.1. The SMILES string of the molecule is Cc1ccc2cccc(OC(=O)c3oc4c(c3C)/C(=N/NC(=O)c3ccc([N+](=O)[O-])cc3)CCC4)c2n1. The van der Waals surface area contributed by atoms with E-state index in [0.717, 1.165) is 17.5 Å². The van der Waals surface area contributed by atoms with Crippen LogP contribution in [0, 0.1) is 24.0 Å². The summed E-state index contributed by atoms with van der Waals surface area (Å²) in [5.74, 6) is -0.132. The fraction of sp³-hybridized carbons (Fsp3) is 0.185. The third-order valence-electron chi connectivity index (χ3n) is 6.17. The van der Waals surface area contributed by atoms with Crippen LogP contribution in [0.5, 0.6) is 5.75 Å². The van der Waals surface area contributed by atoms with Crippen molar-refractivity contribution >= 4 is 34.2 Å². The third kappa shape index (κ3) is 4.68. The van der Waals surface area contributed by atoms with E-state index >= 15 is 0 Å². The summed E-state index contributed by atoms with van der Waals surface area (Å²) >= 11 is 0. The van der Waals surface area contributed by atoms with Gasteiger partial charge in [-0.2, -0.15) is 5.10 Å². The van der Waals surface area contributed by atoms with Crippen molar-refractivity contribution in [1.82, 2.24) is 10.4 Å². The smallest absolute Gasteiger partial charge is 0.380 e. The Kier molecular flexibility index (Phi) is 6.22. The maximum Gasteiger partial charge on any atom is 0.380 e. The van der Waals surface area contributed by atoms with E-state index in [-0.39, 0.29) is 17.0 Å². The molecular weight excluding hydrogens is 476 g/mol. The number of aryl methyl sites for hydroxylation is 2. The van der Waals surface area contributed by atoms with Crippen molar-refractivity contribution in [2.45, 2.75) is 33.1 Å². The topological polar surface area (TPSA) is 137 Å². The van der Waals surface area contributed by atoms with E-state index in [0.29, 0.717) is 46.7 Å². The molecular formula is C27H22N4O6. The van der Waals surface area contributed by atoms with Crippen LogP contribution in [-0.4, -0.2) is 27.5 Å². The van der Waals surface area contributed by atoms with Gasteiger partial charge in [0.1, 0.15) is 11.3 Å². The number of ether oxygens (including phenoxy) is 1. The van der Waals surface area contributed by atoms with Crippen LogP contribution < -0.4 is 10.2 Å². The first-order valence-electron chi connectivity index (χ1n) is 11.6. The normalized spacial score (nSPS) is 13.8. The van der Waals surface area contributed by atoms with Gasteiger partial charge in [0.25, 0.3) is 11.6 Å². The number of nitrogens with zero attached hydrogens (tertiary/aromatic N) is 3. The number of amides is 1. The van der Waals surface area contributed by atoms with Crippen molar-refractivity contribution in [2.24, 2.45) is 5.10 Å². The van der Waals surface area contributed by atoms with Gasteiger partial charge >= 0.3 is 5.97 Å². The largest absolute Gasteiger partial charge is 0.453 e. The van der Waals surface area contributed by atoms with Gasteiger partial charge in [-0.25, -0.2) is 15.2 Å². The quantitative estimate of drug-likeness (QED) is 0.176. The van der Waals surface area contributed by atoms with E-state index in [1.54, 1.807) is 19.1 Å². The summed E-state index contributed by atoms with van der Waals surface area (Å²) in [4.78, 5) is 40.4. The molecule has 2 heterocycles. The molecule has 0 saturated carbocycles. The van der Waals surface area contributed by atoms with E-state index in [4.69, 9.17) is 9.15 Å². The number of rotatable bonds is 5. The molecule has 0 radical (unpaired) electrons. The molecule has 0 unspecified atom stereocenters. The van der Waals surface area contributed by atoms with E-state index in [1.165, 1.54) is 24.3 Å². The molecule has 186 valence electrons. The monoisotopic (exact) mass is 498 g/mol. The highest BCUT2D eigenvalue weighted by Crippen LogP contribution is 2.31. The summed E-state index contributed by atoms with van der Waals surface area (Å²) in [7, 11) is 0. The fourth-order valence-corrected chi connectivity index (χ4v) is 4.34. The number of aromatic nitrogens is 1. The van der Waals surface area contributed by atoms with E-state index in [9.17, 15) is 19.7 Å². The number of nitro groups is 1. The Labute approximate surface area is 211 Å². The molecule has 0 fully saturated rings. The molecule has 2 aromatic carbocycles. The first kappa shape index (κ1) is 23.9. The Morgan fingerprint density at radius 3 is 2.62 bits per heavy atom. The summed E-state index contributed by atoms with van der Waals surface area (Å²) < 4.78 is 11.6. The lowest BCUT2D eigenvalue weighted by Gasteiger charge is -2.13. The number of carbonyl (C=O) groups is 2.